The van der Waals surface area contributed by atoms with Crippen molar-refractivity contribution in [2.45, 2.75) is 58.2 Å². The Morgan fingerprint density at radius 3 is 2.30 bits per heavy atom. The lowest BCUT2D eigenvalue weighted by Gasteiger charge is -2.39. The van der Waals surface area contributed by atoms with E-state index < -0.39 is 29.7 Å². The highest BCUT2D eigenvalue weighted by Crippen LogP contribution is 2.22. The third-order valence-corrected chi connectivity index (χ3v) is 4.50. The van der Waals surface area contributed by atoms with Crippen LogP contribution in [0.4, 0.5) is 9.59 Å². The first-order chi connectivity index (χ1) is 14.1. The standard InChI is InChI=1S/C21H33N3O6/c1-21(2,3)24(20(27)28)17(18(25)23(4)29-5)13-9-10-14-22-19(26)30-15-16-11-7-6-8-12-16/h6-8,11-12,17H,9-10,13-15H2,1-5H3,(H,22,26)(H,27,28)/t17-/m0/s1. The summed E-state index contributed by atoms with van der Waals surface area (Å²) in [5.41, 5.74) is 0.132. The maximum absolute atomic E-state index is 12.7. The fourth-order valence-corrected chi connectivity index (χ4v) is 2.98. The Labute approximate surface area is 177 Å². The molecule has 0 unspecified atom stereocenters. The Bertz CT molecular complexity index is 690. The Hall–Kier alpha value is -2.81. The van der Waals surface area contributed by atoms with Crippen molar-refractivity contribution in [2.75, 3.05) is 20.7 Å². The summed E-state index contributed by atoms with van der Waals surface area (Å²) in [6.07, 6.45) is -0.289. The molecule has 0 aliphatic rings. The molecule has 9 nitrogen and oxygen atoms in total. The fraction of sp³-hybridized carbons (Fsp3) is 0.571. The summed E-state index contributed by atoms with van der Waals surface area (Å²) in [6, 6.07) is 8.46. The van der Waals surface area contributed by atoms with E-state index in [4.69, 9.17) is 9.57 Å². The Morgan fingerprint density at radius 1 is 1.13 bits per heavy atom. The van der Waals surface area contributed by atoms with Crippen LogP contribution in [0.15, 0.2) is 30.3 Å². The van der Waals surface area contributed by atoms with Gasteiger partial charge in [0.25, 0.3) is 5.91 Å². The van der Waals surface area contributed by atoms with Crippen LogP contribution in [0.5, 0.6) is 0 Å². The lowest BCUT2D eigenvalue weighted by Crippen LogP contribution is -2.56. The third kappa shape index (κ3) is 8.28. The quantitative estimate of drug-likeness (QED) is 0.442. The van der Waals surface area contributed by atoms with Gasteiger partial charge in [0.1, 0.15) is 12.6 Å². The second-order valence-corrected chi connectivity index (χ2v) is 7.84. The second kappa shape index (κ2) is 12.0. The Kier molecular flexibility index (Phi) is 10.1. The van der Waals surface area contributed by atoms with Crippen molar-refractivity contribution in [1.29, 1.82) is 0 Å². The molecule has 0 radical (unpaired) electrons. The number of nitrogens with one attached hydrogen (secondary N) is 1. The van der Waals surface area contributed by atoms with E-state index in [0.717, 1.165) is 15.5 Å². The van der Waals surface area contributed by atoms with Crippen molar-refractivity contribution >= 4 is 18.1 Å². The number of carboxylic acid groups (broad SMARTS) is 1. The zero-order chi connectivity index (χ0) is 22.7. The van der Waals surface area contributed by atoms with Crippen LogP contribution >= 0.6 is 0 Å². The lowest BCUT2D eigenvalue weighted by atomic mass is 9.99. The number of likely N-dealkylation sites (N-methyl/N-ethyl adjacent to an activating group) is 1. The van der Waals surface area contributed by atoms with Crippen LogP contribution in [0.1, 0.15) is 45.6 Å². The molecule has 0 bridgehead atoms. The van der Waals surface area contributed by atoms with Gasteiger partial charge in [0.15, 0.2) is 0 Å². The highest BCUT2D eigenvalue weighted by atomic mass is 16.7. The zero-order valence-electron chi connectivity index (χ0n) is 18.4. The number of rotatable bonds is 10. The van der Waals surface area contributed by atoms with Gasteiger partial charge in [-0.15, -0.1) is 0 Å². The zero-order valence-corrected chi connectivity index (χ0v) is 18.4. The van der Waals surface area contributed by atoms with Crippen molar-refractivity contribution in [3.63, 3.8) is 0 Å². The fourth-order valence-electron chi connectivity index (χ4n) is 2.98. The van der Waals surface area contributed by atoms with Crippen LogP contribution in [-0.2, 0) is 21.0 Å². The van der Waals surface area contributed by atoms with E-state index in [1.807, 2.05) is 30.3 Å². The molecule has 9 heteroatoms. The average molecular weight is 424 g/mol. The molecule has 0 aromatic heterocycles. The summed E-state index contributed by atoms with van der Waals surface area (Å²) in [6.45, 7) is 5.75. The molecule has 1 aromatic rings. The van der Waals surface area contributed by atoms with Gasteiger partial charge in [-0.05, 0) is 45.6 Å². The number of benzene rings is 1. The van der Waals surface area contributed by atoms with Crippen LogP contribution in [0.3, 0.4) is 0 Å². The van der Waals surface area contributed by atoms with Gasteiger partial charge in [0.05, 0.1) is 7.11 Å². The third-order valence-electron chi connectivity index (χ3n) is 4.50. The monoisotopic (exact) mass is 423 g/mol. The topological polar surface area (TPSA) is 108 Å². The number of ether oxygens (including phenoxy) is 1. The number of nitrogens with zero attached hydrogens (tertiary/aromatic N) is 2. The van der Waals surface area contributed by atoms with E-state index in [9.17, 15) is 19.5 Å². The van der Waals surface area contributed by atoms with Crippen molar-refractivity contribution < 1.29 is 29.1 Å². The molecule has 3 amide bonds. The Morgan fingerprint density at radius 2 is 1.77 bits per heavy atom. The summed E-state index contributed by atoms with van der Waals surface area (Å²) in [5.74, 6) is -0.440. The molecule has 0 saturated heterocycles. The summed E-state index contributed by atoms with van der Waals surface area (Å²) < 4.78 is 5.14. The van der Waals surface area contributed by atoms with E-state index in [1.54, 1.807) is 20.8 Å². The van der Waals surface area contributed by atoms with Crippen molar-refractivity contribution in [3.05, 3.63) is 35.9 Å². The van der Waals surface area contributed by atoms with Crippen LogP contribution in [0, 0.1) is 0 Å². The number of hydrogen-bond donors (Lipinski definition) is 2. The van der Waals surface area contributed by atoms with Crippen LogP contribution in [0.2, 0.25) is 0 Å². The normalized spacial score (nSPS) is 12.0. The number of hydrogen-bond acceptors (Lipinski definition) is 5. The van der Waals surface area contributed by atoms with Gasteiger partial charge in [-0.2, -0.15) is 0 Å². The molecular formula is C21H33N3O6. The maximum atomic E-state index is 12.7. The molecule has 168 valence electrons. The highest BCUT2D eigenvalue weighted by molar-refractivity contribution is 5.84. The summed E-state index contributed by atoms with van der Waals surface area (Å²) in [4.78, 5) is 42.4. The number of amides is 3. The molecule has 0 fully saturated rings. The highest BCUT2D eigenvalue weighted by Gasteiger charge is 2.38. The van der Waals surface area contributed by atoms with Gasteiger partial charge >= 0.3 is 12.2 Å². The second-order valence-electron chi connectivity index (χ2n) is 7.84. The average Bonchev–Trinajstić information content (AvgIpc) is 2.69. The summed E-state index contributed by atoms with van der Waals surface area (Å²) in [5, 5.41) is 13.3. The van der Waals surface area contributed by atoms with Gasteiger partial charge in [0, 0.05) is 19.1 Å². The van der Waals surface area contributed by atoms with Gasteiger partial charge in [-0.25, -0.2) is 14.7 Å². The molecular weight excluding hydrogens is 390 g/mol. The molecule has 1 rings (SSSR count). The van der Waals surface area contributed by atoms with Crippen molar-refractivity contribution in [1.82, 2.24) is 15.3 Å². The molecule has 1 aromatic carbocycles. The van der Waals surface area contributed by atoms with Crippen molar-refractivity contribution in [2.24, 2.45) is 0 Å². The number of carbonyl (C=O) groups excluding carboxylic acids is 2. The summed E-state index contributed by atoms with van der Waals surface area (Å²) >= 11 is 0. The number of unbranched alkanes of at least 4 members (excludes halogenated alkanes) is 1. The predicted octanol–water partition coefficient (Wildman–Crippen LogP) is 3.25. The molecule has 2 N–H and O–H groups in total. The SMILES string of the molecule is CON(C)C(=O)[C@H](CCCCNC(=O)OCc1ccccc1)N(C(=O)O)C(C)(C)C. The summed E-state index contributed by atoms with van der Waals surface area (Å²) in [7, 11) is 2.80. The minimum atomic E-state index is -1.17. The molecule has 30 heavy (non-hydrogen) atoms. The maximum Gasteiger partial charge on any atom is 0.408 e. The first-order valence-electron chi connectivity index (χ1n) is 9.86. The molecule has 0 aliphatic heterocycles. The Balaban J connectivity index is 2.53. The van der Waals surface area contributed by atoms with Gasteiger partial charge in [0.2, 0.25) is 0 Å². The molecule has 0 aliphatic carbocycles. The minimum Gasteiger partial charge on any atom is -0.465 e. The molecule has 0 spiro atoms. The van der Waals surface area contributed by atoms with E-state index in [2.05, 4.69) is 5.32 Å². The number of hydroxylamine groups is 2. The van der Waals surface area contributed by atoms with Crippen LogP contribution in [-0.4, -0.2) is 65.4 Å². The van der Waals surface area contributed by atoms with E-state index in [0.29, 0.717) is 25.8 Å². The van der Waals surface area contributed by atoms with Gasteiger partial charge in [-0.3, -0.25) is 14.5 Å². The minimum absolute atomic E-state index is 0.186. The van der Waals surface area contributed by atoms with Crippen LogP contribution < -0.4 is 5.32 Å². The van der Waals surface area contributed by atoms with Crippen LogP contribution in [0.25, 0.3) is 0 Å². The predicted molar refractivity (Wildman–Crippen MR) is 112 cm³/mol. The molecule has 0 saturated carbocycles. The number of alkyl carbamates (subject to hydrolysis) is 1. The molecule has 1 atom stereocenters. The van der Waals surface area contributed by atoms with Gasteiger partial charge < -0.3 is 15.2 Å². The lowest BCUT2D eigenvalue weighted by molar-refractivity contribution is -0.175. The van der Waals surface area contributed by atoms with Gasteiger partial charge in [-0.1, -0.05) is 30.3 Å². The van der Waals surface area contributed by atoms with Crippen molar-refractivity contribution in [3.8, 4) is 0 Å². The van der Waals surface area contributed by atoms with E-state index in [1.165, 1.54) is 14.2 Å². The first kappa shape index (κ1) is 25.2. The van der Waals surface area contributed by atoms with E-state index >= 15 is 0 Å². The smallest absolute Gasteiger partial charge is 0.408 e. The largest absolute Gasteiger partial charge is 0.465 e. The molecule has 0 heterocycles. The number of carbonyl (C=O) groups is 3. The first-order valence-corrected chi connectivity index (χ1v) is 9.86. The van der Waals surface area contributed by atoms with E-state index in [-0.39, 0.29) is 6.61 Å².